The van der Waals surface area contributed by atoms with Crippen molar-refractivity contribution < 1.29 is 4.79 Å². The number of anilines is 1. The summed E-state index contributed by atoms with van der Waals surface area (Å²) in [5.41, 5.74) is 0.366. The number of carbonyl (C=O) groups is 1. The summed E-state index contributed by atoms with van der Waals surface area (Å²) in [6.45, 7) is 8.01. The smallest absolute Gasteiger partial charge is 0.271 e. The second kappa shape index (κ2) is 7.93. The lowest BCUT2D eigenvalue weighted by Crippen LogP contribution is -2.40. The van der Waals surface area contributed by atoms with Gasteiger partial charge in [-0.2, -0.15) is 0 Å². The zero-order valence-electron chi connectivity index (χ0n) is 12.9. The molecule has 1 aliphatic rings. The fourth-order valence-corrected chi connectivity index (χ4v) is 2.44. The molecule has 6 nitrogen and oxygen atoms in total. The van der Waals surface area contributed by atoms with Gasteiger partial charge in [0.1, 0.15) is 5.82 Å². The van der Waals surface area contributed by atoms with Crippen molar-refractivity contribution in [1.29, 1.82) is 0 Å². The molecule has 2 N–H and O–H groups in total. The lowest BCUT2D eigenvalue weighted by molar-refractivity contribution is 0.0934. The predicted octanol–water partition coefficient (Wildman–Crippen LogP) is 1.51. The summed E-state index contributed by atoms with van der Waals surface area (Å²) in [6, 6.07) is 3.87. The topological polar surface area (TPSA) is 70.2 Å². The van der Waals surface area contributed by atoms with Crippen LogP contribution in [0.1, 0.15) is 43.6 Å². The number of hydrogen-bond donors (Lipinski definition) is 2. The van der Waals surface area contributed by atoms with Crippen LogP contribution in [0.2, 0.25) is 0 Å². The van der Waals surface area contributed by atoms with Crippen LogP contribution in [-0.4, -0.2) is 53.2 Å². The van der Waals surface area contributed by atoms with Crippen LogP contribution in [0.5, 0.6) is 0 Å². The maximum absolute atomic E-state index is 12.0. The third-order valence-electron chi connectivity index (χ3n) is 3.78. The highest BCUT2D eigenvalue weighted by molar-refractivity contribution is 5.92. The van der Waals surface area contributed by atoms with Crippen molar-refractivity contribution in [1.82, 2.24) is 20.4 Å². The minimum absolute atomic E-state index is 0.157. The van der Waals surface area contributed by atoms with Crippen LogP contribution in [0.3, 0.4) is 0 Å². The Balaban J connectivity index is 1.79. The predicted molar refractivity (Wildman–Crippen MR) is 83.4 cm³/mol. The van der Waals surface area contributed by atoms with E-state index in [4.69, 9.17) is 0 Å². The minimum atomic E-state index is -0.157. The summed E-state index contributed by atoms with van der Waals surface area (Å²) < 4.78 is 0. The Morgan fingerprint density at radius 2 is 2.10 bits per heavy atom. The molecule has 0 saturated carbocycles. The summed E-state index contributed by atoms with van der Waals surface area (Å²) in [6.07, 6.45) is 3.55. The van der Waals surface area contributed by atoms with Gasteiger partial charge in [0.2, 0.25) is 0 Å². The van der Waals surface area contributed by atoms with Gasteiger partial charge < -0.3 is 10.6 Å². The highest BCUT2D eigenvalue weighted by Gasteiger charge is 2.18. The molecule has 2 rings (SSSR count). The number of rotatable bonds is 7. The molecule has 1 aliphatic heterocycles. The van der Waals surface area contributed by atoms with E-state index >= 15 is 0 Å². The van der Waals surface area contributed by atoms with Crippen LogP contribution < -0.4 is 10.6 Å². The second-order valence-corrected chi connectivity index (χ2v) is 5.53. The first-order valence-electron chi connectivity index (χ1n) is 7.80. The lowest BCUT2D eigenvalue weighted by atomic mass is 10.3. The number of amides is 1. The molecule has 1 fully saturated rings. The van der Waals surface area contributed by atoms with Crippen molar-refractivity contribution in [3.05, 3.63) is 17.8 Å². The quantitative estimate of drug-likeness (QED) is 0.797. The molecule has 116 valence electrons. The molecule has 1 amide bonds. The van der Waals surface area contributed by atoms with E-state index in [9.17, 15) is 4.79 Å². The number of carbonyl (C=O) groups excluding carboxylic acids is 1. The fraction of sp³-hybridized carbons (Fsp3) is 0.667. The molecule has 0 radical (unpaired) electrons. The van der Waals surface area contributed by atoms with Gasteiger partial charge in [0, 0.05) is 19.1 Å². The van der Waals surface area contributed by atoms with Gasteiger partial charge in [-0.1, -0.05) is 6.92 Å². The molecule has 1 atom stereocenters. The lowest BCUT2D eigenvalue weighted by Gasteiger charge is -2.23. The molecule has 1 unspecified atom stereocenters. The molecule has 0 spiro atoms. The summed E-state index contributed by atoms with van der Waals surface area (Å²) in [7, 11) is 0. The third kappa shape index (κ3) is 4.67. The maximum atomic E-state index is 12.0. The van der Waals surface area contributed by atoms with Gasteiger partial charge in [0.05, 0.1) is 0 Å². The molecular weight excluding hydrogens is 266 g/mol. The van der Waals surface area contributed by atoms with Crippen molar-refractivity contribution in [3.63, 3.8) is 0 Å². The van der Waals surface area contributed by atoms with E-state index < -0.39 is 0 Å². The molecule has 1 aromatic heterocycles. The van der Waals surface area contributed by atoms with Gasteiger partial charge in [-0.05, 0) is 51.4 Å². The van der Waals surface area contributed by atoms with Crippen LogP contribution in [0.25, 0.3) is 0 Å². The second-order valence-electron chi connectivity index (χ2n) is 5.53. The van der Waals surface area contributed by atoms with E-state index in [-0.39, 0.29) is 5.91 Å². The van der Waals surface area contributed by atoms with E-state index in [0.29, 0.717) is 24.1 Å². The van der Waals surface area contributed by atoms with E-state index in [1.807, 2.05) is 0 Å². The Labute approximate surface area is 126 Å². The van der Waals surface area contributed by atoms with E-state index in [2.05, 4.69) is 39.6 Å². The largest absolute Gasteiger partial charge is 0.369 e. The van der Waals surface area contributed by atoms with E-state index in [1.54, 1.807) is 12.1 Å². The zero-order chi connectivity index (χ0) is 15.1. The van der Waals surface area contributed by atoms with Gasteiger partial charge >= 0.3 is 0 Å². The number of likely N-dealkylation sites (tertiary alicyclic amines) is 1. The van der Waals surface area contributed by atoms with Crippen LogP contribution in [0.4, 0.5) is 5.82 Å². The Morgan fingerprint density at radius 1 is 1.33 bits per heavy atom. The van der Waals surface area contributed by atoms with Crippen LogP contribution in [0.15, 0.2) is 12.1 Å². The van der Waals surface area contributed by atoms with Crippen molar-refractivity contribution >= 4 is 11.7 Å². The third-order valence-corrected chi connectivity index (χ3v) is 3.78. The molecule has 0 aliphatic carbocycles. The molecule has 21 heavy (non-hydrogen) atoms. The van der Waals surface area contributed by atoms with Crippen molar-refractivity contribution in [2.75, 3.05) is 31.5 Å². The highest BCUT2D eigenvalue weighted by atomic mass is 16.1. The minimum Gasteiger partial charge on any atom is -0.369 e. The first-order valence-corrected chi connectivity index (χ1v) is 7.80. The van der Waals surface area contributed by atoms with E-state index in [0.717, 1.165) is 26.1 Å². The Bertz CT molecular complexity index is 442. The molecule has 2 heterocycles. The van der Waals surface area contributed by atoms with Crippen molar-refractivity contribution in [2.45, 2.75) is 39.2 Å². The molecule has 0 bridgehead atoms. The standard InChI is InChI=1S/C15H25N5O/c1-3-8-16-14-7-6-13(18-19-14)15(21)17-11-12(2)20-9-4-5-10-20/h6-7,12H,3-5,8-11H2,1-2H3,(H,16,19)(H,17,21). The zero-order valence-corrected chi connectivity index (χ0v) is 12.9. The average Bonchev–Trinajstić information content (AvgIpc) is 3.05. The molecular formula is C15H25N5O. The number of nitrogens with zero attached hydrogens (tertiary/aromatic N) is 3. The van der Waals surface area contributed by atoms with Crippen LogP contribution in [0, 0.1) is 0 Å². The van der Waals surface area contributed by atoms with Gasteiger partial charge in [-0.3, -0.25) is 9.69 Å². The number of nitrogens with one attached hydrogen (secondary N) is 2. The number of aromatic nitrogens is 2. The monoisotopic (exact) mass is 291 g/mol. The maximum Gasteiger partial charge on any atom is 0.271 e. The average molecular weight is 291 g/mol. The van der Waals surface area contributed by atoms with E-state index in [1.165, 1.54) is 12.8 Å². The normalized spacial score (nSPS) is 16.7. The van der Waals surface area contributed by atoms with Gasteiger partial charge in [0.15, 0.2) is 5.69 Å². The van der Waals surface area contributed by atoms with Crippen molar-refractivity contribution in [2.24, 2.45) is 0 Å². The van der Waals surface area contributed by atoms with Crippen molar-refractivity contribution in [3.8, 4) is 0 Å². The SMILES string of the molecule is CCCNc1ccc(C(=O)NCC(C)N2CCCC2)nn1. The Kier molecular flexibility index (Phi) is 5.92. The first-order chi connectivity index (χ1) is 10.2. The number of hydrogen-bond acceptors (Lipinski definition) is 5. The summed E-state index contributed by atoms with van der Waals surface area (Å²) in [4.78, 5) is 14.4. The Hall–Kier alpha value is -1.69. The van der Waals surface area contributed by atoms with Gasteiger partial charge in [-0.15, -0.1) is 10.2 Å². The molecule has 1 saturated heterocycles. The molecule has 0 aromatic carbocycles. The summed E-state index contributed by atoms with van der Waals surface area (Å²) in [5.74, 6) is 0.550. The summed E-state index contributed by atoms with van der Waals surface area (Å²) in [5, 5.41) is 14.0. The first kappa shape index (κ1) is 15.7. The highest BCUT2D eigenvalue weighted by Crippen LogP contribution is 2.10. The fourth-order valence-electron chi connectivity index (χ4n) is 2.44. The molecule has 6 heteroatoms. The van der Waals surface area contributed by atoms with Crippen LogP contribution in [-0.2, 0) is 0 Å². The van der Waals surface area contributed by atoms with Gasteiger partial charge in [0.25, 0.3) is 5.91 Å². The summed E-state index contributed by atoms with van der Waals surface area (Å²) >= 11 is 0. The molecule has 1 aromatic rings. The van der Waals surface area contributed by atoms with Crippen LogP contribution >= 0.6 is 0 Å². The Morgan fingerprint density at radius 3 is 2.71 bits per heavy atom. The van der Waals surface area contributed by atoms with Gasteiger partial charge in [-0.25, -0.2) is 0 Å².